The molecule has 1 N–H and O–H groups in total. The number of hydrogen-bond donors (Lipinski definition) is 1. The lowest BCUT2D eigenvalue weighted by atomic mass is 10.0. The van der Waals surface area contributed by atoms with Crippen LogP contribution in [-0.2, 0) is 11.3 Å². The third kappa shape index (κ3) is 4.49. The number of benzene rings is 2. The first kappa shape index (κ1) is 21.2. The summed E-state index contributed by atoms with van der Waals surface area (Å²) in [4.78, 5) is 35.4. The predicted octanol–water partition coefficient (Wildman–Crippen LogP) is 3.79. The Morgan fingerprint density at radius 2 is 1.88 bits per heavy atom. The van der Waals surface area contributed by atoms with Crippen molar-refractivity contribution in [2.45, 2.75) is 33.4 Å². The van der Waals surface area contributed by atoms with Crippen LogP contribution in [0.1, 0.15) is 47.3 Å². The third-order valence-corrected chi connectivity index (χ3v) is 5.23. The van der Waals surface area contributed by atoms with Crippen molar-refractivity contribution >= 4 is 23.3 Å². The van der Waals surface area contributed by atoms with E-state index in [0.29, 0.717) is 18.0 Å². The van der Waals surface area contributed by atoms with E-state index >= 15 is 0 Å². The first-order valence-corrected chi connectivity index (χ1v) is 10.3. The van der Waals surface area contributed by atoms with Crippen LogP contribution < -0.4 is 5.32 Å². The summed E-state index contributed by atoms with van der Waals surface area (Å²) < 4.78 is 1.57. The Morgan fingerprint density at radius 3 is 2.59 bits per heavy atom. The van der Waals surface area contributed by atoms with Gasteiger partial charge < -0.3 is 10.2 Å². The fourth-order valence-electron chi connectivity index (χ4n) is 3.55. The quantitative estimate of drug-likeness (QED) is 0.504. The molecule has 1 unspecified atom stereocenters. The zero-order chi connectivity index (χ0) is 22.7. The number of amides is 2. The third-order valence-electron chi connectivity index (χ3n) is 5.23. The summed E-state index contributed by atoms with van der Waals surface area (Å²) in [6, 6.07) is 18.8. The van der Waals surface area contributed by atoms with Crippen LogP contribution in [-0.4, -0.2) is 36.3 Å². The van der Waals surface area contributed by atoms with Gasteiger partial charge in [-0.25, -0.2) is 9.50 Å². The molecular formula is C24H24N6O2. The van der Waals surface area contributed by atoms with E-state index in [9.17, 15) is 9.59 Å². The summed E-state index contributed by atoms with van der Waals surface area (Å²) in [5.74, 6) is 0.0286. The van der Waals surface area contributed by atoms with E-state index in [2.05, 4.69) is 20.4 Å². The van der Waals surface area contributed by atoms with E-state index < -0.39 is 0 Å². The topological polar surface area (TPSA) is 92.5 Å². The van der Waals surface area contributed by atoms with Crippen molar-refractivity contribution in [1.29, 1.82) is 0 Å². The van der Waals surface area contributed by atoms with Crippen LogP contribution in [0.15, 0.2) is 66.9 Å². The van der Waals surface area contributed by atoms with Gasteiger partial charge in [-0.05, 0) is 43.2 Å². The maximum atomic E-state index is 13.6. The number of aromatic nitrogens is 4. The van der Waals surface area contributed by atoms with Gasteiger partial charge in [-0.15, -0.1) is 5.10 Å². The number of rotatable bonds is 6. The van der Waals surface area contributed by atoms with E-state index in [1.165, 1.54) is 6.92 Å². The zero-order valence-electron chi connectivity index (χ0n) is 18.2. The Balaban J connectivity index is 1.71. The van der Waals surface area contributed by atoms with Gasteiger partial charge in [0.2, 0.25) is 11.7 Å². The summed E-state index contributed by atoms with van der Waals surface area (Å²) in [5, 5.41) is 7.20. The molecule has 4 rings (SSSR count). The van der Waals surface area contributed by atoms with Gasteiger partial charge in [0.15, 0.2) is 0 Å². The minimum atomic E-state index is -0.295. The van der Waals surface area contributed by atoms with E-state index in [1.54, 1.807) is 15.6 Å². The largest absolute Gasteiger partial charge is 0.326 e. The highest BCUT2D eigenvalue weighted by molar-refractivity contribution is 5.91. The van der Waals surface area contributed by atoms with Crippen LogP contribution in [0.2, 0.25) is 0 Å². The molecule has 2 aromatic heterocycles. The number of fused-ring (bicyclic) bond motifs is 1. The first-order chi connectivity index (χ1) is 15.4. The second-order valence-corrected chi connectivity index (χ2v) is 7.63. The molecule has 1 atom stereocenters. The van der Waals surface area contributed by atoms with Crippen molar-refractivity contribution in [3.8, 4) is 0 Å². The maximum absolute atomic E-state index is 13.6. The van der Waals surface area contributed by atoms with Crippen LogP contribution >= 0.6 is 0 Å². The number of nitrogens with zero attached hydrogens (tertiary/aromatic N) is 5. The fraction of sp³-hybridized carbons (Fsp3) is 0.208. The van der Waals surface area contributed by atoms with Gasteiger partial charge in [0.25, 0.3) is 11.7 Å². The molecule has 0 aliphatic rings. The Labute approximate surface area is 185 Å². The number of carbonyl (C=O) groups excluding carboxylic acids is 2. The van der Waals surface area contributed by atoms with Crippen molar-refractivity contribution in [2.24, 2.45) is 0 Å². The Kier molecular flexibility index (Phi) is 5.93. The second-order valence-electron chi connectivity index (χ2n) is 7.63. The van der Waals surface area contributed by atoms with E-state index in [0.717, 1.165) is 16.8 Å². The zero-order valence-corrected chi connectivity index (χ0v) is 18.2. The van der Waals surface area contributed by atoms with E-state index in [1.807, 2.05) is 74.5 Å². The highest BCUT2D eigenvalue weighted by Crippen LogP contribution is 2.26. The van der Waals surface area contributed by atoms with Crippen molar-refractivity contribution in [3.63, 3.8) is 0 Å². The summed E-state index contributed by atoms with van der Waals surface area (Å²) in [5.41, 5.74) is 3.40. The monoisotopic (exact) mass is 428 g/mol. The smallest absolute Gasteiger partial charge is 0.294 e. The summed E-state index contributed by atoms with van der Waals surface area (Å²) in [6.07, 6.45) is 1.64. The Morgan fingerprint density at radius 1 is 1.09 bits per heavy atom. The van der Waals surface area contributed by atoms with Crippen molar-refractivity contribution in [2.75, 3.05) is 5.32 Å². The molecule has 0 aliphatic carbocycles. The minimum absolute atomic E-state index is 0.0904. The maximum Gasteiger partial charge on any atom is 0.294 e. The van der Waals surface area contributed by atoms with Crippen LogP contribution in [0, 0.1) is 6.92 Å². The van der Waals surface area contributed by atoms with Gasteiger partial charge in [-0.2, -0.15) is 4.98 Å². The van der Waals surface area contributed by atoms with Gasteiger partial charge in [0, 0.05) is 31.0 Å². The second kappa shape index (κ2) is 8.97. The molecule has 2 heterocycles. The van der Waals surface area contributed by atoms with Crippen molar-refractivity contribution in [3.05, 3.63) is 89.5 Å². The van der Waals surface area contributed by atoms with Crippen molar-refractivity contribution in [1.82, 2.24) is 24.5 Å². The molecule has 0 fully saturated rings. The molecule has 2 amide bonds. The Hall–Kier alpha value is -4.07. The minimum Gasteiger partial charge on any atom is -0.326 e. The van der Waals surface area contributed by atoms with E-state index in [-0.39, 0.29) is 23.7 Å². The number of aryl methyl sites for hydroxylation is 1. The molecule has 2 aromatic carbocycles. The lowest BCUT2D eigenvalue weighted by Crippen LogP contribution is -2.34. The van der Waals surface area contributed by atoms with Gasteiger partial charge in [0.1, 0.15) is 0 Å². The molecule has 4 aromatic rings. The van der Waals surface area contributed by atoms with Crippen LogP contribution in [0.25, 0.3) is 5.78 Å². The molecule has 0 saturated carbocycles. The van der Waals surface area contributed by atoms with E-state index in [4.69, 9.17) is 0 Å². The summed E-state index contributed by atoms with van der Waals surface area (Å²) in [6.45, 7) is 5.68. The Bertz CT molecular complexity index is 1270. The van der Waals surface area contributed by atoms with Crippen molar-refractivity contribution < 1.29 is 9.59 Å². The number of anilines is 1. The molecule has 32 heavy (non-hydrogen) atoms. The van der Waals surface area contributed by atoms with Crippen LogP contribution in [0.3, 0.4) is 0 Å². The summed E-state index contributed by atoms with van der Waals surface area (Å²) in [7, 11) is 0. The molecule has 0 radical (unpaired) electrons. The molecule has 8 heteroatoms. The first-order valence-electron chi connectivity index (χ1n) is 10.3. The molecule has 0 aliphatic heterocycles. The molecule has 0 bridgehead atoms. The number of carbonyl (C=O) groups is 2. The standard InChI is InChI=1S/C24H24N6O2/c1-16-12-13-25-24-27-22(28-30(16)24)23(32)29(15-19-8-5-4-6-9-19)17(2)20-10-7-11-21(14-20)26-18(3)31/h4-14,17H,15H2,1-3H3,(H,26,31). The molecule has 162 valence electrons. The van der Waals surface area contributed by atoms with Gasteiger partial charge in [0.05, 0.1) is 6.04 Å². The average Bonchev–Trinajstić information content (AvgIpc) is 3.23. The van der Waals surface area contributed by atoms with Crippen LogP contribution in [0.4, 0.5) is 5.69 Å². The van der Waals surface area contributed by atoms with Gasteiger partial charge in [-0.1, -0.05) is 42.5 Å². The normalized spacial score (nSPS) is 11.8. The fourth-order valence-corrected chi connectivity index (χ4v) is 3.55. The molecule has 0 spiro atoms. The highest BCUT2D eigenvalue weighted by Gasteiger charge is 2.27. The number of hydrogen-bond acceptors (Lipinski definition) is 5. The van der Waals surface area contributed by atoms with Gasteiger partial charge in [-0.3, -0.25) is 9.59 Å². The van der Waals surface area contributed by atoms with Gasteiger partial charge >= 0.3 is 0 Å². The SMILES string of the molecule is CC(=O)Nc1cccc(C(C)N(Cc2ccccc2)C(=O)c2nc3nccc(C)n3n2)c1. The average molecular weight is 428 g/mol. The lowest BCUT2D eigenvalue weighted by Gasteiger charge is -2.29. The number of nitrogens with one attached hydrogen (secondary N) is 1. The summed E-state index contributed by atoms with van der Waals surface area (Å²) >= 11 is 0. The molecule has 0 saturated heterocycles. The van der Waals surface area contributed by atoms with Crippen LogP contribution in [0.5, 0.6) is 0 Å². The predicted molar refractivity (Wildman–Crippen MR) is 121 cm³/mol. The lowest BCUT2D eigenvalue weighted by molar-refractivity contribution is -0.114. The highest BCUT2D eigenvalue weighted by atomic mass is 16.2. The molecule has 8 nitrogen and oxygen atoms in total. The molecular weight excluding hydrogens is 404 g/mol.